The fourth-order valence-electron chi connectivity index (χ4n) is 2.18. The fourth-order valence-corrected chi connectivity index (χ4v) is 2.18. The molecule has 3 aromatic rings. The van der Waals surface area contributed by atoms with E-state index in [9.17, 15) is 4.79 Å². The van der Waals surface area contributed by atoms with Gasteiger partial charge in [0.05, 0.1) is 6.61 Å². The Morgan fingerprint density at radius 3 is 2.00 bits per heavy atom. The summed E-state index contributed by atoms with van der Waals surface area (Å²) in [7, 11) is 0. The van der Waals surface area contributed by atoms with Crippen LogP contribution in [0.15, 0.2) is 84.9 Å². The minimum atomic E-state index is -0.356. The molecule has 0 bridgehead atoms. The van der Waals surface area contributed by atoms with Gasteiger partial charge >= 0.3 is 0 Å². The van der Waals surface area contributed by atoms with Crippen LogP contribution in [0.5, 0.6) is 17.2 Å². The minimum Gasteiger partial charge on any atom is -0.484 e. The molecule has 3 aromatic carbocycles. The monoisotopic (exact) mass is 349 g/mol. The first-order valence-corrected chi connectivity index (χ1v) is 8.20. The van der Waals surface area contributed by atoms with E-state index in [1.54, 1.807) is 24.3 Å². The number of rotatable bonds is 8. The van der Waals surface area contributed by atoms with Crippen molar-refractivity contribution in [2.24, 2.45) is 0 Å². The molecule has 0 fully saturated rings. The highest BCUT2D eigenvalue weighted by molar-refractivity contribution is 5.76. The Balaban J connectivity index is 1.39. The van der Waals surface area contributed by atoms with E-state index in [0.29, 0.717) is 18.1 Å². The van der Waals surface area contributed by atoms with Gasteiger partial charge in [0.15, 0.2) is 6.61 Å². The molecule has 0 aliphatic rings. The normalized spacial score (nSPS) is 10.2. The van der Waals surface area contributed by atoms with Crippen molar-refractivity contribution < 1.29 is 19.1 Å². The molecule has 0 aliphatic heterocycles. The van der Waals surface area contributed by atoms with Crippen LogP contribution >= 0.6 is 0 Å². The Kier molecular flexibility index (Phi) is 6.23. The lowest BCUT2D eigenvalue weighted by molar-refractivity contribution is -0.136. The number of para-hydroxylation sites is 1. The zero-order chi connectivity index (χ0) is 18.0. The number of hydroxylamine groups is 1. The summed E-state index contributed by atoms with van der Waals surface area (Å²) in [5.41, 5.74) is 3.33. The van der Waals surface area contributed by atoms with Crippen molar-refractivity contribution >= 4 is 5.91 Å². The lowest BCUT2D eigenvalue weighted by Gasteiger charge is -2.09. The molecule has 0 radical (unpaired) electrons. The largest absolute Gasteiger partial charge is 0.484 e. The topological polar surface area (TPSA) is 56.8 Å². The average molecular weight is 349 g/mol. The number of ether oxygens (including phenoxy) is 2. The molecule has 5 heteroatoms. The molecule has 0 aromatic heterocycles. The summed E-state index contributed by atoms with van der Waals surface area (Å²) in [6, 6.07) is 26.1. The van der Waals surface area contributed by atoms with Gasteiger partial charge in [0.1, 0.15) is 17.2 Å². The SMILES string of the molecule is O=C(COc1ccc(Oc2ccccc2)cc1)NOCc1ccccc1. The lowest BCUT2D eigenvalue weighted by atomic mass is 10.2. The Morgan fingerprint density at radius 1 is 0.731 bits per heavy atom. The van der Waals surface area contributed by atoms with Crippen LogP contribution in [0.1, 0.15) is 5.56 Å². The number of carbonyl (C=O) groups excluding carboxylic acids is 1. The highest BCUT2D eigenvalue weighted by atomic mass is 16.7. The predicted octanol–water partition coefficient (Wildman–Crippen LogP) is 4.11. The summed E-state index contributed by atoms with van der Waals surface area (Å²) in [6.07, 6.45) is 0. The Hall–Kier alpha value is -3.31. The predicted molar refractivity (Wildman–Crippen MR) is 97.8 cm³/mol. The van der Waals surface area contributed by atoms with E-state index in [1.165, 1.54) is 0 Å². The summed E-state index contributed by atoms with van der Waals surface area (Å²) >= 11 is 0. The molecule has 0 aliphatic carbocycles. The molecule has 132 valence electrons. The van der Waals surface area contributed by atoms with Crippen LogP contribution in [-0.4, -0.2) is 12.5 Å². The van der Waals surface area contributed by atoms with Crippen molar-refractivity contribution in [3.05, 3.63) is 90.5 Å². The van der Waals surface area contributed by atoms with E-state index in [0.717, 1.165) is 11.3 Å². The highest BCUT2D eigenvalue weighted by Crippen LogP contribution is 2.23. The van der Waals surface area contributed by atoms with Crippen LogP contribution in [-0.2, 0) is 16.2 Å². The fraction of sp³-hybridized carbons (Fsp3) is 0.0952. The number of nitrogens with one attached hydrogen (secondary N) is 1. The van der Waals surface area contributed by atoms with Crippen molar-refractivity contribution in [3.63, 3.8) is 0 Å². The third-order valence-electron chi connectivity index (χ3n) is 3.44. The molecule has 0 unspecified atom stereocenters. The Bertz CT molecular complexity index is 804. The third kappa shape index (κ3) is 5.65. The second kappa shape index (κ2) is 9.25. The van der Waals surface area contributed by atoms with E-state index < -0.39 is 0 Å². The van der Waals surface area contributed by atoms with Crippen molar-refractivity contribution in [1.29, 1.82) is 0 Å². The number of amides is 1. The molecule has 0 spiro atoms. The van der Waals surface area contributed by atoms with E-state index in [4.69, 9.17) is 14.3 Å². The van der Waals surface area contributed by atoms with Crippen LogP contribution in [0.4, 0.5) is 0 Å². The van der Waals surface area contributed by atoms with Crippen molar-refractivity contribution in [2.45, 2.75) is 6.61 Å². The summed E-state index contributed by atoms with van der Waals surface area (Å²) < 4.78 is 11.1. The van der Waals surface area contributed by atoms with Gasteiger partial charge < -0.3 is 9.47 Å². The minimum absolute atomic E-state index is 0.131. The number of carbonyl (C=O) groups is 1. The molecule has 0 atom stereocenters. The second-order valence-corrected chi connectivity index (χ2v) is 5.47. The van der Waals surface area contributed by atoms with Gasteiger partial charge in [-0.3, -0.25) is 9.63 Å². The number of hydrogen-bond donors (Lipinski definition) is 1. The second-order valence-electron chi connectivity index (χ2n) is 5.47. The maximum absolute atomic E-state index is 11.7. The molecule has 5 nitrogen and oxygen atoms in total. The quantitative estimate of drug-likeness (QED) is 0.622. The first-order chi connectivity index (χ1) is 12.8. The van der Waals surface area contributed by atoms with Gasteiger partial charge in [0.25, 0.3) is 5.91 Å². The summed E-state index contributed by atoms with van der Waals surface area (Å²) in [6.45, 7) is 0.172. The Labute approximate surface area is 152 Å². The Morgan fingerprint density at radius 2 is 1.31 bits per heavy atom. The lowest BCUT2D eigenvalue weighted by Crippen LogP contribution is -2.28. The van der Waals surface area contributed by atoms with Gasteiger partial charge in [-0.15, -0.1) is 0 Å². The van der Waals surface area contributed by atoms with Gasteiger partial charge in [0.2, 0.25) is 0 Å². The van der Waals surface area contributed by atoms with Gasteiger partial charge in [-0.05, 0) is 42.0 Å². The molecule has 0 heterocycles. The zero-order valence-corrected chi connectivity index (χ0v) is 14.1. The molecule has 0 saturated heterocycles. The average Bonchev–Trinajstić information content (AvgIpc) is 2.69. The maximum Gasteiger partial charge on any atom is 0.281 e. The maximum atomic E-state index is 11.7. The van der Waals surface area contributed by atoms with Crippen molar-refractivity contribution in [2.75, 3.05) is 6.61 Å². The summed E-state index contributed by atoms with van der Waals surface area (Å²) in [4.78, 5) is 16.9. The summed E-state index contributed by atoms with van der Waals surface area (Å²) in [5.74, 6) is 1.67. The van der Waals surface area contributed by atoms with E-state index >= 15 is 0 Å². The molecule has 3 rings (SSSR count). The van der Waals surface area contributed by atoms with E-state index in [-0.39, 0.29) is 12.5 Å². The number of hydrogen-bond acceptors (Lipinski definition) is 4. The first kappa shape index (κ1) is 17.5. The molecule has 1 amide bonds. The highest BCUT2D eigenvalue weighted by Gasteiger charge is 2.04. The van der Waals surface area contributed by atoms with Crippen LogP contribution in [0.25, 0.3) is 0 Å². The van der Waals surface area contributed by atoms with Crippen LogP contribution in [0, 0.1) is 0 Å². The van der Waals surface area contributed by atoms with E-state index in [1.807, 2.05) is 60.7 Å². The number of benzene rings is 3. The zero-order valence-electron chi connectivity index (χ0n) is 14.1. The molecule has 26 heavy (non-hydrogen) atoms. The molecular weight excluding hydrogens is 330 g/mol. The van der Waals surface area contributed by atoms with Crippen molar-refractivity contribution in [1.82, 2.24) is 5.48 Å². The van der Waals surface area contributed by atoms with E-state index in [2.05, 4.69) is 5.48 Å². The van der Waals surface area contributed by atoms with Gasteiger partial charge in [-0.25, -0.2) is 5.48 Å². The summed E-state index contributed by atoms with van der Waals surface area (Å²) in [5, 5.41) is 0. The third-order valence-corrected chi connectivity index (χ3v) is 3.44. The molecular formula is C21H19NO4. The standard InChI is InChI=1S/C21H19NO4/c23-21(22-25-15-17-7-3-1-4-8-17)16-24-18-11-13-20(14-12-18)26-19-9-5-2-6-10-19/h1-14H,15-16H2,(H,22,23). The van der Waals surface area contributed by atoms with Gasteiger partial charge in [-0.2, -0.15) is 0 Å². The van der Waals surface area contributed by atoms with Crippen molar-refractivity contribution in [3.8, 4) is 17.2 Å². The van der Waals surface area contributed by atoms with Crippen LogP contribution in [0.3, 0.4) is 0 Å². The molecule has 0 saturated carbocycles. The van der Waals surface area contributed by atoms with Gasteiger partial charge in [0, 0.05) is 0 Å². The first-order valence-electron chi connectivity index (χ1n) is 8.20. The molecule has 1 N–H and O–H groups in total. The van der Waals surface area contributed by atoms with Crippen LogP contribution < -0.4 is 15.0 Å². The van der Waals surface area contributed by atoms with Gasteiger partial charge in [-0.1, -0.05) is 48.5 Å². The van der Waals surface area contributed by atoms with Crippen LogP contribution in [0.2, 0.25) is 0 Å². The smallest absolute Gasteiger partial charge is 0.281 e.